The van der Waals surface area contributed by atoms with E-state index >= 15 is 0 Å². The third-order valence-electron chi connectivity index (χ3n) is 2.48. The molecule has 1 aromatic rings. The maximum atomic E-state index is 11.1. The number of carbonyl (C=O) groups excluding carboxylic acids is 1. The fourth-order valence-electron chi connectivity index (χ4n) is 1.64. The van der Waals surface area contributed by atoms with E-state index in [9.17, 15) is 4.79 Å². The van der Waals surface area contributed by atoms with E-state index in [4.69, 9.17) is 43.1 Å². The summed E-state index contributed by atoms with van der Waals surface area (Å²) in [6, 6.07) is 4.77. The van der Waals surface area contributed by atoms with Crippen molar-refractivity contribution in [2.75, 3.05) is 13.9 Å². The third-order valence-corrected chi connectivity index (χ3v) is 3.03. The maximum Gasteiger partial charge on any atom is 0.407 e. The predicted molar refractivity (Wildman–Crippen MR) is 72.1 cm³/mol. The molecular formula is C12H15Cl2NO4. The summed E-state index contributed by atoms with van der Waals surface area (Å²) in [4.78, 5) is 11.1. The fourth-order valence-corrected chi connectivity index (χ4v) is 2.19. The molecule has 0 heterocycles. The van der Waals surface area contributed by atoms with E-state index in [0.29, 0.717) is 22.0 Å². The van der Waals surface area contributed by atoms with Crippen molar-refractivity contribution in [3.05, 3.63) is 33.8 Å². The highest BCUT2D eigenvalue weighted by molar-refractivity contribution is 6.35. The molecule has 1 atom stereocenters. The number of methoxy groups -OCH3 is 1. The second-order valence-corrected chi connectivity index (χ2v) is 4.55. The van der Waals surface area contributed by atoms with Crippen LogP contribution in [0, 0.1) is 0 Å². The van der Waals surface area contributed by atoms with Crippen LogP contribution in [0.25, 0.3) is 0 Å². The number of amides is 1. The number of primary amides is 1. The van der Waals surface area contributed by atoms with Gasteiger partial charge >= 0.3 is 6.09 Å². The molecule has 1 rings (SSSR count). The van der Waals surface area contributed by atoms with Gasteiger partial charge in [0.05, 0.1) is 5.02 Å². The summed E-state index contributed by atoms with van der Waals surface area (Å²) in [5, 5.41) is 0.774. The van der Waals surface area contributed by atoms with Gasteiger partial charge in [-0.1, -0.05) is 30.1 Å². The molecule has 5 nitrogen and oxygen atoms in total. The Kier molecular flexibility index (Phi) is 5.87. The Balaban J connectivity index is 3.22. The maximum absolute atomic E-state index is 11.1. The third kappa shape index (κ3) is 3.98. The van der Waals surface area contributed by atoms with Gasteiger partial charge in [0.2, 0.25) is 5.79 Å². The number of nitrogens with two attached hydrogens (primary N) is 1. The molecule has 19 heavy (non-hydrogen) atoms. The lowest BCUT2D eigenvalue weighted by molar-refractivity contribution is -0.249. The second kappa shape index (κ2) is 6.96. The quantitative estimate of drug-likeness (QED) is 0.819. The van der Waals surface area contributed by atoms with Crippen LogP contribution in [-0.4, -0.2) is 20.0 Å². The fraction of sp³-hybridized carbons (Fsp3) is 0.417. The second-order valence-electron chi connectivity index (χ2n) is 3.70. The highest BCUT2D eigenvalue weighted by atomic mass is 35.5. The highest BCUT2D eigenvalue weighted by Crippen LogP contribution is 2.37. The monoisotopic (exact) mass is 307 g/mol. The average molecular weight is 308 g/mol. The first-order valence-corrected chi connectivity index (χ1v) is 6.27. The van der Waals surface area contributed by atoms with Crippen molar-refractivity contribution in [3.63, 3.8) is 0 Å². The number of halogens is 2. The van der Waals surface area contributed by atoms with E-state index in [-0.39, 0.29) is 6.79 Å². The molecule has 7 heteroatoms. The van der Waals surface area contributed by atoms with Crippen molar-refractivity contribution in [2.24, 2.45) is 5.73 Å². The molecule has 0 bridgehead atoms. The van der Waals surface area contributed by atoms with Gasteiger partial charge in [0.1, 0.15) is 0 Å². The standard InChI is InChI=1S/C12H15Cl2NO4/c1-3-12(18-7-17-2,19-11(15)16)9-5-4-8(13)6-10(9)14/h4-6H,3,7H2,1-2H3,(H2,15,16). The zero-order valence-corrected chi connectivity index (χ0v) is 12.1. The van der Waals surface area contributed by atoms with E-state index in [1.807, 2.05) is 0 Å². The van der Waals surface area contributed by atoms with Crippen LogP contribution in [0.1, 0.15) is 18.9 Å². The van der Waals surface area contributed by atoms with Crippen LogP contribution in [0.2, 0.25) is 10.0 Å². The lowest BCUT2D eigenvalue weighted by Crippen LogP contribution is -2.37. The van der Waals surface area contributed by atoms with Gasteiger partial charge in [0.15, 0.2) is 6.79 Å². The van der Waals surface area contributed by atoms with E-state index in [1.54, 1.807) is 19.1 Å². The summed E-state index contributed by atoms with van der Waals surface area (Å²) in [7, 11) is 1.45. The summed E-state index contributed by atoms with van der Waals surface area (Å²) >= 11 is 12.0. The smallest absolute Gasteiger partial charge is 0.407 e. The molecule has 0 aliphatic heterocycles. The van der Waals surface area contributed by atoms with Crippen LogP contribution in [0.3, 0.4) is 0 Å². The van der Waals surface area contributed by atoms with Crippen molar-refractivity contribution in [1.29, 1.82) is 0 Å². The molecule has 1 amide bonds. The Bertz CT molecular complexity index is 455. The van der Waals surface area contributed by atoms with Crippen LogP contribution in [0.5, 0.6) is 0 Å². The first kappa shape index (κ1) is 16.0. The molecular weight excluding hydrogens is 293 g/mol. The summed E-state index contributed by atoms with van der Waals surface area (Å²) in [6.07, 6.45) is -0.662. The molecule has 1 unspecified atom stereocenters. The Hall–Kier alpha value is -1.01. The molecule has 106 valence electrons. The predicted octanol–water partition coefficient (Wildman–Crippen LogP) is 3.27. The normalized spacial score (nSPS) is 13.9. The molecule has 0 saturated heterocycles. The van der Waals surface area contributed by atoms with Crippen LogP contribution < -0.4 is 5.73 Å². The van der Waals surface area contributed by atoms with Crippen LogP contribution in [0.4, 0.5) is 4.79 Å². The lowest BCUT2D eigenvalue weighted by Gasteiger charge is -2.32. The molecule has 0 spiro atoms. The Morgan fingerprint density at radius 3 is 2.58 bits per heavy atom. The average Bonchev–Trinajstić information content (AvgIpc) is 2.34. The van der Waals surface area contributed by atoms with Crippen molar-refractivity contribution in [2.45, 2.75) is 19.1 Å². The van der Waals surface area contributed by atoms with E-state index in [0.717, 1.165) is 0 Å². The van der Waals surface area contributed by atoms with E-state index in [1.165, 1.54) is 13.2 Å². The van der Waals surface area contributed by atoms with Gasteiger partial charge in [-0.3, -0.25) is 0 Å². The van der Waals surface area contributed by atoms with Crippen molar-refractivity contribution >= 4 is 29.3 Å². The van der Waals surface area contributed by atoms with Gasteiger partial charge in [-0.05, 0) is 18.2 Å². The number of hydrogen-bond donors (Lipinski definition) is 1. The molecule has 0 fully saturated rings. The highest BCUT2D eigenvalue weighted by Gasteiger charge is 2.37. The van der Waals surface area contributed by atoms with E-state index in [2.05, 4.69) is 0 Å². The molecule has 0 radical (unpaired) electrons. The summed E-state index contributed by atoms with van der Waals surface area (Å²) in [6.45, 7) is 1.68. The number of carbonyl (C=O) groups is 1. The molecule has 1 aromatic carbocycles. The van der Waals surface area contributed by atoms with Crippen LogP contribution in [0.15, 0.2) is 18.2 Å². The van der Waals surface area contributed by atoms with Gasteiger partial charge in [-0.2, -0.15) is 0 Å². The van der Waals surface area contributed by atoms with E-state index < -0.39 is 11.9 Å². The van der Waals surface area contributed by atoms with Crippen LogP contribution >= 0.6 is 23.2 Å². The SMILES string of the molecule is CCC(OCOC)(OC(N)=O)c1ccc(Cl)cc1Cl. The summed E-state index contributed by atoms with van der Waals surface area (Å²) in [5.74, 6) is -1.40. The van der Waals surface area contributed by atoms with Gasteiger partial charge in [0, 0.05) is 24.1 Å². The summed E-state index contributed by atoms with van der Waals surface area (Å²) in [5.41, 5.74) is 5.55. The number of hydrogen-bond acceptors (Lipinski definition) is 4. The molecule has 2 N–H and O–H groups in total. The number of rotatable bonds is 6. The lowest BCUT2D eigenvalue weighted by atomic mass is 10.0. The van der Waals surface area contributed by atoms with Gasteiger partial charge in [-0.15, -0.1) is 0 Å². The summed E-state index contributed by atoms with van der Waals surface area (Å²) < 4.78 is 15.4. The number of benzene rings is 1. The molecule has 0 aromatic heterocycles. The Morgan fingerprint density at radius 1 is 1.42 bits per heavy atom. The first-order chi connectivity index (χ1) is 8.95. The molecule has 0 aliphatic rings. The topological polar surface area (TPSA) is 70.8 Å². The Labute approximate surface area is 121 Å². The molecule has 0 aliphatic carbocycles. The largest absolute Gasteiger partial charge is 0.412 e. The first-order valence-electron chi connectivity index (χ1n) is 5.52. The minimum atomic E-state index is -1.40. The Morgan fingerprint density at radius 2 is 2.11 bits per heavy atom. The van der Waals surface area contributed by atoms with Gasteiger partial charge in [-0.25, -0.2) is 4.79 Å². The zero-order valence-electron chi connectivity index (χ0n) is 10.6. The zero-order chi connectivity index (χ0) is 14.5. The van der Waals surface area contributed by atoms with Crippen molar-refractivity contribution in [1.82, 2.24) is 0 Å². The van der Waals surface area contributed by atoms with Gasteiger partial charge < -0.3 is 19.9 Å². The molecule has 0 saturated carbocycles. The van der Waals surface area contributed by atoms with Gasteiger partial charge in [0.25, 0.3) is 0 Å². The number of ether oxygens (including phenoxy) is 3. The van der Waals surface area contributed by atoms with Crippen LogP contribution in [-0.2, 0) is 20.0 Å². The minimum Gasteiger partial charge on any atom is -0.412 e. The van der Waals surface area contributed by atoms with Crippen molar-refractivity contribution in [3.8, 4) is 0 Å². The minimum absolute atomic E-state index is 0.0833. The van der Waals surface area contributed by atoms with Crippen molar-refractivity contribution < 1.29 is 19.0 Å².